The quantitative estimate of drug-likeness (QED) is 0.539. The van der Waals surface area contributed by atoms with E-state index in [9.17, 15) is 18.0 Å². The maximum absolute atomic E-state index is 12.6. The van der Waals surface area contributed by atoms with Gasteiger partial charge in [0.1, 0.15) is 5.82 Å². The summed E-state index contributed by atoms with van der Waals surface area (Å²) in [6.45, 7) is 4.06. The van der Waals surface area contributed by atoms with Crippen LogP contribution in [0, 0.1) is 0 Å². The molecule has 7 heteroatoms. The van der Waals surface area contributed by atoms with Crippen molar-refractivity contribution in [3.05, 3.63) is 71.8 Å². The minimum absolute atomic E-state index is 0.273. The van der Waals surface area contributed by atoms with Gasteiger partial charge in [0, 0.05) is 23.2 Å². The highest BCUT2D eigenvalue weighted by atomic mass is 19.4. The van der Waals surface area contributed by atoms with Crippen LogP contribution in [0.1, 0.15) is 25.0 Å². The van der Waals surface area contributed by atoms with Crippen LogP contribution in [0.3, 0.4) is 0 Å². The van der Waals surface area contributed by atoms with Gasteiger partial charge in [-0.1, -0.05) is 12.1 Å². The number of nitrogens with one attached hydrogen (secondary N) is 2. The molecule has 0 bridgehead atoms. The molecule has 0 fully saturated rings. The number of anilines is 2. The Morgan fingerprint density at radius 3 is 2.41 bits per heavy atom. The van der Waals surface area contributed by atoms with Crippen molar-refractivity contribution in [1.29, 1.82) is 0 Å². The summed E-state index contributed by atoms with van der Waals surface area (Å²) in [5.41, 5.74) is 1.18. The second kappa shape index (κ2) is 8.34. The zero-order chi connectivity index (χ0) is 21.0. The largest absolute Gasteiger partial charge is 0.416 e. The molecule has 0 aliphatic carbocycles. The molecule has 0 radical (unpaired) electrons. The van der Waals surface area contributed by atoms with E-state index in [2.05, 4.69) is 15.6 Å². The molecule has 3 rings (SSSR count). The van der Waals surface area contributed by atoms with E-state index < -0.39 is 11.7 Å². The van der Waals surface area contributed by atoms with E-state index >= 15 is 0 Å². The monoisotopic (exact) mass is 399 g/mol. The maximum atomic E-state index is 12.6. The Hall–Kier alpha value is -3.35. The van der Waals surface area contributed by atoms with Crippen LogP contribution in [-0.4, -0.2) is 16.9 Å². The summed E-state index contributed by atoms with van der Waals surface area (Å²) in [5, 5.41) is 6.85. The van der Waals surface area contributed by atoms with Crippen LogP contribution in [0.4, 0.5) is 24.7 Å². The van der Waals surface area contributed by atoms with E-state index in [-0.39, 0.29) is 11.9 Å². The minimum Gasteiger partial charge on any atom is -0.368 e. The fraction of sp³-hybridized carbons (Fsp3) is 0.182. The van der Waals surface area contributed by atoms with Gasteiger partial charge in [-0.25, -0.2) is 4.98 Å². The zero-order valence-electron chi connectivity index (χ0n) is 15.9. The lowest BCUT2D eigenvalue weighted by molar-refractivity contribution is -0.137. The van der Waals surface area contributed by atoms with Gasteiger partial charge in [-0.3, -0.25) is 4.79 Å². The molecule has 0 unspecified atom stereocenters. The minimum atomic E-state index is -4.38. The number of rotatable bonds is 5. The van der Waals surface area contributed by atoms with Gasteiger partial charge in [-0.15, -0.1) is 0 Å². The molecule has 29 heavy (non-hydrogen) atoms. The molecule has 0 aliphatic heterocycles. The van der Waals surface area contributed by atoms with E-state index in [0.29, 0.717) is 11.3 Å². The lowest BCUT2D eigenvalue weighted by Gasteiger charge is -2.10. The number of carbonyl (C=O) groups is 1. The second-order valence-electron chi connectivity index (χ2n) is 6.85. The Kier molecular flexibility index (Phi) is 5.87. The first kappa shape index (κ1) is 20.4. The Morgan fingerprint density at radius 2 is 1.76 bits per heavy atom. The van der Waals surface area contributed by atoms with Gasteiger partial charge in [0.05, 0.1) is 11.1 Å². The third-order valence-electron chi connectivity index (χ3n) is 4.06. The van der Waals surface area contributed by atoms with Crippen molar-refractivity contribution in [1.82, 2.24) is 4.98 Å². The van der Waals surface area contributed by atoms with E-state index in [1.807, 2.05) is 38.1 Å². The molecule has 1 heterocycles. The Balaban J connectivity index is 1.66. The molecule has 0 spiro atoms. The van der Waals surface area contributed by atoms with E-state index in [1.54, 1.807) is 6.07 Å². The normalized spacial score (nSPS) is 11.9. The van der Waals surface area contributed by atoms with Crippen molar-refractivity contribution < 1.29 is 18.0 Å². The summed E-state index contributed by atoms with van der Waals surface area (Å²) in [4.78, 5) is 16.6. The molecule has 4 nitrogen and oxygen atoms in total. The number of aromatic nitrogens is 1. The number of halogens is 3. The molecule has 0 saturated carbocycles. The molecule has 1 aromatic heterocycles. The number of hydrogen-bond donors (Lipinski definition) is 2. The van der Waals surface area contributed by atoms with Crippen molar-refractivity contribution in [2.75, 3.05) is 10.6 Å². The fourth-order valence-electron chi connectivity index (χ4n) is 2.72. The van der Waals surface area contributed by atoms with Crippen molar-refractivity contribution in [2.24, 2.45) is 0 Å². The van der Waals surface area contributed by atoms with E-state index in [0.717, 1.165) is 28.9 Å². The van der Waals surface area contributed by atoms with Gasteiger partial charge >= 0.3 is 6.18 Å². The molecule has 3 aromatic rings. The predicted molar refractivity (Wildman–Crippen MR) is 110 cm³/mol. The van der Waals surface area contributed by atoms with Gasteiger partial charge in [0.15, 0.2) is 0 Å². The molecular formula is C22H20F3N3O. The third-order valence-corrected chi connectivity index (χ3v) is 4.06. The van der Waals surface area contributed by atoms with Crippen LogP contribution in [0.5, 0.6) is 0 Å². The molecule has 0 aliphatic rings. The third kappa shape index (κ3) is 5.57. The number of amides is 1. The summed E-state index contributed by atoms with van der Waals surface area (Å²) in [5.74, 6) is 0.402. The maximum Gasteiger partial charge on any atom is 0.416 e. The van der Waals surface area contributed by atoms with E-state index in [4.69, 9.17) is 0 Å². The van der Waals surface area contributed by atoms with Gasteiger partial charge in [-0.05, 0) is 68.0 Å². The van der Waals surface area contributed by atoms with Crippen LogP contribution in [0.15, 0.2) is 60.7 Å². The van der Waals surface area contributed by atoms with Crippen LogP contribution in [-0.2, 0) is 11.0 Å². The molecule has 1 amide bonds. The highest BCUT2D eigenvalue weighted by Gasteiger charge is 2.29. The summed E-state index contributed by atoms with van der Waals surface area (Å²) in [6.07, 6.45) is -1.64. The van der Waals surface area contributed by atoms with Gasteiger partial charge in [0.25, 0.3) is 0 Å². The number of fused-ring (bicyclic) bond motifs is 1. The number of pyridine rings is 1. The predicted octanol–water partition coefficient (Wildman–Crippen LogP) is 5.73. The first-order chi connectivity index (χ1) is 13.7. The van der Waals surface area contributed by atoms with Gasteiger partial charge < -0.3 is 10.6 Å². The number of alkyl halides is 3. The SMILES string of the molecule is CC(C)Nc1ccc2cc(NC(=O)C=Cc3ccc(C(F)(F)F)cc3)ccc2n1. The average Bonchev–Trinajstić information content (AvgIpc) is 2.65. The standard InChI is InChI=1S/C22H20F3N3O/c1-14(2)26-20-11-6-16-13-18(9-10-19(16)28-20)27-21(29)12-5-15-3-7-17(8-4-15)22(23,24)25/h3-14H,1-2H3,(H,26,28)(H,27,29). The number of nitrogens with zero attached hydrogens (tertiary/aromatic N) is 1. The topological polar surface area (TPSA) is 54.0 Å². The summed E-state index contributed by atoms with van der Waals surface area (Å²) >= 11 is 0. The van der Waals surface area contributed by atoms with Gasteiger partial charge in [0.2, 0.25) is 5.91 Å². The number of hydrogen-bond acceptors (Lipinski definition) is 3. The van der Waals surface area contributed by atoms with Crippen LogP contribution < -0.4 is 10.6 Å². The second-order valence-corrected chi connectivity index (χ2v) is 6.85. The summed E-state index contributed by atoms with van der Waals surface area (Å²) in [7, 11) is 0. The van der Waals surface area contributed by atoms with Crippen molar-refractivity contribution in [2.45, 2.75) is 26.1 Å². The van der Waals surface area contributed by atoms with Crippen LogP contribution in [0.25, 0.3) is 17.0 Å². The fourth-order valence-corrected chi connectivity index (χ4v) is 2.72. The number of benzene rings is 2. The average molecular weight is 399 g/mol. The van der Waals surface area contributed by atoms with Crippen molar-refractivity contribution >= 4 is 34.4 Å². The highest BCUT2D eigenvalue weighted by Crippen LogP contribution is 2.29. The van der Waals surface area contributed by atoms with Gasteiger partial charge in [-0.2, -0.15) is 13.2 Å². The summed E-state index contributed by atoms with van der Waals surface area (Å²) in [6, 6.07) is 14.0. The lowest BCUT2D eigenvalue weighted by Crippen LogP contribution is -2.11. The molecule has 0 atom stereocenters. The number of carbonyl (C=O) groups excluding carboxylic acids is 1. The first-order valence-electron chi connectivity index (χ1n) is 9.04. The van der Waals surface area contributed by atoms with E-state index in [1.165, 1.54) is 24.3 Å². The molecule has 0 saturated heterocycles. The van der Waals surface area contributed by atoms with Crippen LogP contribution >= 0.6 is 0 Å². The molecule has 2 N–H and O–H groups in total. The molecule has 150 valence electrons. The Bertz CT molecular complexity index is 1040. The molecular weight excluding hydrogens is 379 g/mol. The summed E-state index contributed by atoms with van der Waals surface area (Å²) < 4.78 is 37.7. The molecule has 2 aromatic carbocycles. The zero-order valence-corrected chi connectivity index (χ0v) is 15.9. The first-order valence-corrected chi connectivity index (χ1v) is 9.04. The van der Waals surface area contributed by atoms with Crippen molar-refractivity contribution in [3.63, 3.8) is 0 Å². The smallest absolute Gasteiger partial charge is 0.368 e. The van der Waals surface area contributed by atoms with Crippen LogP contribution in [0.2, 0.25) is 0 Å². The Labute approximate surface area is 166 Å². The Morgan fingerprint density at radius 1 is 1.03 bits per heavy atom. The highest BCUT2D eigenvalue weighted by molar-refractivity contribution is 6.03. The van der Waals surface area contributed by atoms with Crippen molar-refractivity contribution in [3.8, 4) is 0 Å². The lowest BCUT2D eigenvalue weighted by atomic mass is 10.1.